The maximum absolute atomic E-state index is 12.8. The Morgan fingerprint density at radius 1 is 1.00 bits per heavy atom. The third-order valence-corrected chi connectivity index (χ3v) is 6.04. The molecule has 0 radical (unpaired) electrons. The zero-order valence-corrected chi connectivity index (χ0v) is 14.6. The molecule has 0 unspecified atom stereocenters. The number of rotatable bonds is 2. The van der Waals surface area contributed by atoms with Gasteiger partial charge in [-0.2, -0.15) is 0 Å². The smallest absolute Gasteiger partial charge is 0.240 e. The molecule has 5 heteroatoms. The van der Waals surface area contributed by atoms with Crippen molar-refractivity contribution in [2.24, 2.45) is 0 Å². The van der Waals surface area contributed by atoms with Crippen LogP contribution in [0.5, 0.6) is 0 Å². The Hall–Kier alpha value is -1.34. The van der Waals surface area contributed by atoms with E-state index in [9.17, 15) is 8.42 Å². The molecule has 0 aliphatic rings. The molecule has 0 atom stereocenters. The fourth-order valence-corrected chi connectivity index (χ4v) is 4.94. The molecule has 0 aliphatic heterocycles. The van der Waals surface area contributed by atoms with Gasteiger partial charge in [0.05, 0.1) is 10.4 Å². The summed E-state index contributed by atoms with van der Waals surface area (Å²) in [7, 11) is -3.57. The highest BCUT2D eigenvalue weighted by molar-refractivity contribution is 14.1. The van der Waals surface area contributed by atoms with Crippen LogP contribution in [0.3, 0.4) is 0 Å². The van der Waals surface area contributed by atoms with Gasteiger partial charge >= 0.3 is 0 Å². The van der Waals surface area contributed by atoms with E-state index in [0.717, 1.165) is 25.6 Å². The Morgan fingerprint density at radius 3 is 2.33 bits per heavy atom. The van der Waals surface area contributed by atoms with Crippen LogP contribution in [0.4, 0.5) is 0 Å². The summed E-state index contributed by atoms with van der Waals surface area (Å²) >= 11 is 2.18. The van der Waals surface area contributed by atoms with Crippen molar-refractivity contribution in [3.05, 3.63) is 63.4 Å². The molecule has 2 aromatic carbocycles. The molecule has 0 fully saturated rings. The van der Waals surface area contributed by atoms with Gasteiger partial charge in [-0.25, -0.2) is 12.4 Å². The Balaban J connectivity index is 2.29. The predicted octanol–water partition coefficient (Wildman–Crippen LogP) is 4.10. The second-order valence-corrected chi connectivity index (χ2v) is 8.04. The lowest BCUT2D eigenvalue weighted by Crippen LogP contribution is -2.11. The highest BCUT2D eigenvalue weighted by atomic mass is 127. The first-order valence-electron chi connectivity index (χ1n) is 6.49. The number of fused-ring (bicyclic) bond motifs is 1. The summed E-state index contributed by atoms with van der Waals surface area (Å²) in [6.07, 6.45) is 1.69. The van der Waals surface area contributed by atoms with Gasteiger partial charge in [-0.1, -0.05) is 29.8 Å². The summed E-state index contributed by atoms with van der Waals surface area (Å²) in [5.74, 6) is 0. The summed E-state index contributed by atoms with van der Waals surface area (Å²) < 4.78 is 28.0. The third-order valence-electron chi connectivity index (χ3n) is 3.54. The van der Waals surface area contributed by atoms with E-state index in [4.69, 9.17) is 0 Å². The molecular weight excluding hydrogens is 397 g/mol. The molecule has 3 aromatic rings. The maximum atomic E-state index is 12.8. The summed E-state index contributed by atoms with van der Waals surface area (Å²) in [5.41, 5.74) is 2.84. The van der Waals surface area contributed by atoms with Gasteiger partial charge in [0.25, 0.3) is 10.0 Å². The van der Waals surface area contributed by atoms with Crippen LogP contribution in [0.1, 0.15) is 11.1 Å². The van der Waals surface area contributed by atoms with Gasteiger partial charge in [0.1, 0.15) is 0 Å². The first kappa shape index (κ1) is 14.6. The van der Waals surface area contributed by atoms with Crippen molar-refractivity contribution in [2.75, 3.05) is 0 Å². The highest BCUT2D eigenvalue weighted by Gasteiger charge is 2.21. The molecule has 0 spiro atoms. The van der Waals surface area contributed by atoms with Crippen molar-refractivity contribution in [1.82, 2.24) is 3.97 Å². The highest BCUT2D eigenvalue weighted by Crippen LogP contribution is 2.29. The molecule has 21 heavy (non-hydrogen) atoms. The Kier molecular flexibility index (Phi) is 3.57. The molecule has 3 nitrogen and oxygen atoms in total. The minimum atomic E-state index is -3.57. The van der Waals surface area contributed by atoms with Gasteiger partial charge in [0.15, 0.2) is 0 Å². The van der Waals surface area contributed by atoms with Crippen LogP contribution in [0.2, 0.25) is 0 Å². The van der Waals surface area contributed by atoms with Crippen LogP contribution >= 0.6 is 22.6 Å². The van der Waals surface area contributed by atoms with Gasteiger partial charge in [0, 0.05) is 15.2 Å². The minimum Gasteiger partial charge on any atom is -0.240 e. The number of nitrogens with zero attached hydrogens (tertiary/aromatic N) is 1. The number of aryl methyl sites for hydroxylation is 2. The van der Waals surface area contributed by atoms with Crippen LogP contribution in [-0.2, 0) is 10.0 Å². The molecule has 108 valence electrons. The molecule has 0 amide bonds. The monoisotopic (exact) mass is 411 g/mol. The lowest BCUT2D eigenvalue weighted by Gasteiger charge is -2.08. The number of hydrogen-bond acceptors (Lipinski definition) is 2. The van der Waals surface area contributed by atoms with E-state index in [1.54, 1.807) is 18.3 Å². The average molecular weight is 411 g/mol. The average Bonchev–Trinajstić information content (AvgIpc) is 2.79. The maximum Gasteiger partial charge on any atom is 0.268 e. The number of benzene rings is 2. The summed E-state index contributed by atoms with van der Waals surface area (Å²) in [6.45, 7) is 3.93. The van der Waals surface area contributed by atoms with Crippen molar-refractivity contribution >= 4 is 43.5 Å². The second-order valence-electron chi connectivity index (χ2n) is 5.06. The van der Waals surface area contributed by atoms with E-state index in [0.29, 0.717) is 4.90 Å². The van der Waals surface area contributed by atoms with Crippen molar-refractivity contribution < 1.29 is 8.42 Å². The fraction of sp³-hybridized carbons (Fsp3) is 0.125. The first-order chi connectivity index (χ1) is 9.91. The van der Waals surface area contributed by atoms with E-state index < -0.39 is 10.0 Å². The van der Waals surface area contributed by atoms with Gasteiger partial charge in [-0.3, -0.25) is 0 Å². The van der Waals surface area contributed by atoms with Gasteiger partial charge < -0.3 is 0 Å². The van der Waals surface area contributed by atoms with Crippen LogP contribution in [0.15, 0.2) is 53.6 Å². The van der Waals surface area contributed by atoms with Gasteiger partial charge in [-0.15, -0.1) is 0 Å². The zero-order chi connectivity index (χ0) is 15.2. The second kappa shape index (κ2) is 5.14. The summed E-state index contributed by atoms with van der Waals surface area (Å²) in [5, 5.41) is 0.994. The van der Waals surface area contributed by atoms with Crippen LogP contribution in [0.25, 0.3) is 10.9 Å². The molecule has 0 bridgehead atoms. The van der Waals surface area contributed by atoms with E-state index in [2.05, 4.69) is 22.6 Å². The van der Waals surface area contributed by atoms with Crippen molar-refractivity contribution in [3.8, 4) is 0 Å². The number of hydrogen-bond donors (Lipinski definition) is 0. The van der Waals surface area contributed by atoms with Gasteiger partial charge in [-0.05, 0) is 60.2 Å². The van der Waals surface area contributed by atoms with Crippen molar-refractivity contribution in [2.45, 2.75) is 18.7 Å². The first-order valence-corrected chi connectivity index (χ1v) is 9.01. The van der Waals surface area contributed by atoms with Gasteiger partial charge in [0.2, 0.25) is 0 Å². The van der Waals surface area contributed by atoms with E-state index in [1.807, 2.05) is 44.2 Å². The molecule has 0 saturated carbocycles. The quantitative estimate of drug-likeness (QED) is 0.596. The molecule has 0 saturated heterocycles. The standard InChI is InChI=1S/C16H14INO2S/c1-11-6-8-13(9-7-11)21(19,20)18-10-14(17)16-12(2)4-3-5-15(16)18/h3-10H,1-2H3. The van der Waals surface area contributed by atoms with E-state index in [1.165, 1.54) is 3.97 Å². The van der Waals surface area contributed by atoms with Crippen molar-refractivity contribution in [3.63, 3.8) is 0 Å². The molecule has 1 aromatic heterocycles. The fourth-order valence-electron chi connectivity index (χ4n) is 2.41. The van der Waals surface area contributed by atoms with E-state index >= 15 is 0 Å². The van der Waals surface area contributed by atoms with Crippen LogP contribution in [0, 0.1) is 17.4 Å². The largest absolute Gasteiger partial charge is 0.268 e. The molecular formula is C16H14INO2S. The lowest BCUT2D eigenvalue weighted by molar-refractivity contribution is 0.589. The third kappa shape index (κ3) is 2.38. The van der Waals surface area contributed by atoms with Crippen molar-refractivity contribution in [1.29, 1.82) is 0 Å². The normalized spacial score (nSPS) is 12.0. The number of aromatic nitrogens is 1. The Labute approximate surface area is 137 Å². The SMILES string of the molecule is Cc1ccc(S(=O)(=O)n2cc(I)c3c(C)cccc32)cc1. The van der Waals surface area contributed by atoms with Crippen LogP contribution < -0.4 is 0 Å². The predicted molar refractivity (Wildman–Crippen MR) is 93.2 cm³/mol. The topological polar surface area (TPSA) is 39.1 Å². The molecule has 0 N–H and O–H groups in total. The Bertz CT molecular complexity index is 925. The molecule has 3 rings (SSSR count). The summed E-state index contributed by atoms with van der Waals surface area (Å²) in [6, 6.07) is 12.7. The molecule has 1 heterocycles. The van der Waals surface area contributed by atoms with Crippen LogP contribution in [-0.4, -0.2) is 12.4 Å². The Morgan fingerprint density at radius 2 is 1.67 bits per heavy atom. The summed E-state index contributed by atoms with van der Waals surface area (Å²) in [4.78, 5) is 0.308. The van der Waals surface area contributed by atoms with E-state index in [-0.39, 0.29) is 0 Å². The zero-order valence-electron chi connectivity index (χ0n) is 11.7. The minimum absolute atomic E-state index is 0.308. The lowest BCUT2D eigenvalue weighted by atomic mass is 10.1. The number of halogens is 1. The molecule has 0 aliphatic carbocycles.